The number of hydrogen-bond donors (Lipinski definition) is 3. The highest BCUT2D eigenvalue weighted by molar-refractivity contribution is 5.85. The number of rotatable bonds is 8. The molecule has 3 N–H and O–H groups in total. The van der Waals surface area contributed by atoms with Gasteiger partial charge in [0.2, 0.25) is 0 Å². The molecule has 1 unspecified atom stereocenters. The normalized spacial score (nSPS) is 14.5. The first-order chi connectivity index (χ1) is 9.51. The molecule has 134 valence electrons. The van der Waals surface area contributed by atoms with Crippen LogP contribution < -0.4 is 10.6 Å². The summed E-state index contributed by atoms with van der Waals surface area (Å²) in [4.78, 5) is 11.9. The molecule has 0 saturated heterocycles. The van der Waals surface area contributed by atoms with Gasteiger partial charge in [-0.1, -0.05) is 27.7 Å². The van der Waals surface area contributed by atoms with E-state index in [9.17, 15) is 9.90 Å². The number of halogens is 1. The van der Waals surface area contributed by atoms with Crippen LogP contribution >= 0.6 is 12.4 Å². The third-order valence-electron chi connectivity index (χ3n) is 2.80. The number of hydrogen-bond acceptors (Lipinski definition) is 4. The molecule has 0 aliphatic carbocycles. The zero-order valence-electron chi connectivity index (χ0n) is 15.1. The van der Waals surface area contributed by atoms with Gasteiger partial charge >= 0.3 is 6.09 Å². The zero-order valence-corrected chi connectivity index (χ0v) is 15.9. The molecule has 0 bridgehead atoms. The predicted octanol–water partition coefficient (Wildman–Crippen LogP) is 2.95. The van der Waals surface area contributed by atoms with E-state index in [1.54, 1.807) is 0 Å². The second-order valence-corrected chi connectivity index (χ2v) is 7.50. The van der Waals surface area contributed by atoms with Crippen LogP contribution in [-0.4, -0.2) is 42.0 Å². The van der Waals surface area contributed by atoms with E-state index in [1.807, 2.05) is 20.8 Å². The minimum absolute atomic E-state index is 0. The first-order valence-electron chi connectivity index (χ1n) is 7.89. The fraction of sp³-hybridized carbons (Fsp3) is 0.938. The highest BCUT2D eigenvalue weighted by atomic mass is 35.5. The van der Waals surface area contributed by atoms with Crippen LogP contribution in [0.5, 0.6) is 0 Å². The van der Waals surface area contributed by atoms with Crippen molar-refractivity contribution in [3.63, 3.8) is 0 Å². The van der Waals surface area contributed by atoms with Crippen molar-refractivity contribution in [3.05, 3.63) is 0 Å². The molecule has 0 fully saturated rings. The van der Waals surface area contributed by atoms with Gasteiger partial charge in [-0.2, -0.15) is 0 Å². The number of carbonyl (C=O) groups is 1. The van der Waals surface area contributed by atoms with Crippen LogP contribution in [0.3, 0.4) is 0 Å². The maximum absolute atomic E-state index is 11.9. The molecule has 0 saturated carbocycles. The first-order valence-corrected chi connectivity index (χ1v) is 7.89. The summed E-state index contributed by atoms with van der Waals surface area (Å²) in [5.41, 5.74) is -0.534. The molecule has 6 heteroatoms. The number of aliphatic hydroxyl groups is 1. The topological polar surface area (TPSA) is 70.6 Å². The molecule has 0 aromatic heterocycles. The summed E-state index contributed by atoms with van der Waals surface area (Å²) in [5, 5.41) is 16.3. The van der Waals surface area contributed by atoms with Crippen LogP contribution in [0, 0.1) is 11.8 Å². The Morgan fingerprint density at radius 2 is 1.64 bits per heavy atom. The van der Waals surface area contributed by atoms with Crippen molar-refractivity contribution in [1.82, 2.24) is 10.6 Å². The summed E-state index contributed by atoms with van der Waals surface area (Å²) in [5.74, 6) is 0.907. The predicted molar refractivity (Wildman–Crippen MR) is 93.6 cm³/mol. The van der Waals surface area contributed by atoms with Crippen LogP contribution in [0.25, 0.3) is 0 Å². The average molecular weight is 339 g/mol. The molecule has 5 nitrogen and oxygen atoms in total. The van der Waals surface area contributed by atoms with Gasteiger partial charge in [0, 0.05) is 6.54 Å². The minimum Gasteiger partial charge on any atom is -0.444 e. The lowest BCUT2D eigenvalue weighted by Crippen LogP contribution is -2.49. The molecule has 22 heavy (non-hydrogen) atoms. The number of amides is 1. The number of ether oxygens (including phenoxy) is 1. The number of aliphatic hydroxyl groups excluding tert-OH is 1. The third kappa shape index (κ3) is 13.2. The smallest absolute Gasteiger partial charge is 0.407 e. The summed E-state index contributed by atoms with van der Waals surface area (Å²) in [6.07, 6.45) is -0.390. The summed E-state index contributed by atoms with van der Waals surface area (Å²) in [6, 6.07) is -0.306. The van der Waals surface area contributed by atoms with Crippen molar-refractivity contribution in [3.8, 4) is 0 Å². The lowest BCUT2D eigenvalue weighted by Gasteiger charge is -2.28. The van der Waals surface area contributed by atoms with E-state index in [4.69, 9.17) is 4.74 Å². The van der Waals surface area contributed by atoms with Gasteiger partial charge in [-0.05, 0) is 45.6 Å². The Hall–Kier alpha value is -0.520. The Labute approximate surface area is 142 Å². The standard InChI is InChI=1S/C16H34N2O3.ClH/c1-11(2)8-13(14(19)10-17-9-12(3)4)18-15(20)21-16(5,6)7;/h11-14,17,19H,8-10H2,1-7H3,(H,18,20);1H/t13-,14?;/m0./s1. The number of alkyl carbamates (subject to hydrolysis) is 1. The van der Waals surface area contributed by atoms with Crippen LogP contribution in [-0.2, 0) is 4.74 Å². The van der Waals surface area contributed by atoms with E-state index in [-0.39, 0.29) is 18.4 Å². The molecule has 0 radical (unpaired) electrons. The van der Waals surface area contributed by atoms with Crippen LogP contribution in [0.15, 0.2) is 0 Å². The van der Waals surface area contributed by atoms with E-state index in [0.717, 1.165) is 6.54 Å². The molecule has 0 rings (SSSR count). The molecule has 0 aliphatic heterocycles. The molecule has 0 spiro atoms. The fourth-order valence-electron chi connectivity index (χ4n) is 1.94. The first kappa shape index (κ1) is 23.7. The Morgan fingerprint density at radius 3 is 2.05 bits per heavy atom. The fourth-order valence-corrected chi connectivity index (χ4v) is 1.94. The SMILES string of the molecule is CC(C)CNCC(O)[C@H](CC(C)C)NC(=O)OC(C)(C)C.Cl. The number of nitrogens with one attached hydrogen (secondary N) is 2. The average Bonchev–Trinajstić information content (AvgIpc) is 2.23. The molecule has 0 heterocycles. The molecule has 1 amide bonds. The minimum atomic E-state index is -0.626. The van der Waals surface area contributed by atoms with Crippen molar-refractivity contribution >= 4 is 18.5 Å². The van der Waals surface area contributed by atoms with Crippen molar-refractivity contribution in [2.75, 3.05) is 13.1 Å². The highest BCUT2D eigenvalue weighted by Gasteiger charge is 2.25. The van der Waals surface area contributed by atoms with Gasteiger partial charge in [-0.25, -0.2) is 4.79 Å². The largest absolute Gasteiger partial charge is 0.444 e. The van der Waals surface area contributed by atoms with Gasteiger partial charge in [0.05, 0.1) is 12.1 Å². The van der Waals surface area contributed by atoms with Gasteiger partial charge in [0.25, 0.3) is 0 Å². The van der Waals surface area contributed by atoms with Crippen molar-refractivity contribution in [1.29, 1.82) is 0 Å². The van der Waals surface area contributed by atoms with Gasteiger partial charge in [0.1, 0.15) is 5.60 Å². The monoisotopic (exact) mass is 338 g/mol. The van der Waals surface area contributed by atoms with Crippen molar-refractivity contribution < 1.29 is 14.6 Å². The number of carbonyl (C=O) groups excluding carboxylic acids is 1. The summed E-state index contributed by atoms with van der Waals surface area (Å²) >= 11 is 0. The van der Waals surface area contributed by atoms with Gasteiger partial charge in [0.15, 0.2) is 0 Å². The maximum Gasteiger partial charge on any atom is 0.407 e. The van der Waals surface area contributed by atoms with Gasteiger partial charge < -0.3 is 20.5 Å². The van der Waals surface area contributed by atoms with E-state index >= 15 is 0 Å². The van der Waals surface area contributed by atoms with E-state index < -0.39 is 17.8 Å². The van der Waals surface area contributed by atoms with Crippen molar-refractivity contribution in [2.45, 2.75) is 72.6 Å². The Balaban J connectivity index is 0. The van der Waals surface area contributed by atoms with E-state index in [0.29, 0.717) is 24.8 Å². The van der Waals surface area contributed by atoms with E-state index in [2.05, 4.69) is 38.3 Å². The molecule has 2 atom stereocenters. The van der Waals surface area contributed by atoms with Gasteiger partial charge in [-0.15, -0.1) is 12.4 Å². The van der Waals surface area contributed by atoms with Crippen LogP contribution in [0.4, 0.5) is 4.79 Å². The maximum atomic E-state index is 11.9. The summed E-state index contributed by atoms with van der Waals surface area (Å²) in [7, 11) is 0. The van der Waals surface area contributed by atoms with Crippen molar-refractivity contribution in [2.24, 2.45) is 11.8 Å². The second-order valence-electron chi connectivity index (χ2n) is 7.50. The lowest BCUT2D eigenvalue weighted by molar-refractivity contribution is 0.0403. The third-order valence-corrected chi connectivity index (χ3v) is 2.80. The molecular formula is C16H35ClN2O3. The zero-order chi connectivity index (χ0) is 16.6. The molecule has 0 aromatic carbocycles. The van der Waals surface area contributed by atoms with E-state index in [1.165, 1.54) is 0 Å². The van der Waals surface area contributed by atoms with Gasteiger partial charge in [-0.3, -0.25) is 0 Å². The Kier molecular flexibility index (Phi) is 12.0. The quantitative estimate of drug-likeness (QED) is 0.636. The van der Waals surface area contributed by atoms with Crippen LogP contribution in [0.2, 0.25) is 0 Å². The summed E-state index contributed by atoms with van der Waals surface area (Å²) in [6.45, 7) is 15.1. The molecule has 0 aliphatic rings. The van der Waals surface area contributed by atoms with Crippen LogP contribution in [0.1, 0.15) is 54.9 Å². The lowest BCUT2D eigenvalue weighted by atomic mass is 9.99. The molecular weight excluding hydrogens is 304 g/mol. The highest BCUT2D eigenvalue weighted by Crippen LogP contribution is 2.11. The Bertz CT molecular complexity index is 304. The molecule has 0 aromatic rings. The second kappa shape index (κ2) is 11.1. The summed E-state index contributed by atoms with van der Waals surface area (Å²) < 4.78 is 5.26. The Morgan fingerprint density at radius 1 is 1.09 bits per heavy atom.